The maximum Gasteiger partial charge on any atom is 0.254 e. The van der Waals surface area contributed by atoms with Gasteiger partial charge in [0.1, 0.15) is 0 Å². The molecule has 3 heteroatoms. The Balaban J connectivity index is 2.09. The summed E-state index contributed by atoms with van der Waals surface area (Å²) < 4.78 is 5.42. The van der Waals surface area contributed by atoms with E-state index in [0.29, 0.717) is 19.7 Å². The Kier molecular flexibility index (Phi) is 3.25. The normalized spacial score (nSPS) is 20.9. The van der Waals surface area contributed by atoms with Gasteiger partial charge < -0.3 is 9.64 Å². The molecule has 1 aliphatic rings. The Morgan fingerprint density at radius 1 is 1.38 bits per heavy atom. The molecule has 1 amide bonds. The van der Waals surface area contributed by atoms with Crippen LogP contribution in [0, 0.1) is 6.92 Å². The van der Waals surface area contributed by atoms with Crippen molar-refractivity contribution in [3.63, 3.8) is 0 Å². The van der Waals surface area contributed by atoms with Gasteiger partial charge >= 0.3 is 0 Å². The van der Waals surface area contributed by atoms with Crippen LogP contribution in [0.15, 0.2) is 24.3 Å². The zero-order chi connectivity index (χ0) is 11.5. The Bertz CT molecular complexity index is 372. The molecular weight excluding hydrogens is 202 g/mol. The van der Waals surface area contributed by atoms with Crippen molar-refractivity contribution < 1.29 is 9.53 Å². The Hall–Kier alpha value is -1.35. The molecule has 16 heavy (non-hydrogen) atoms. The summed E-state index contributed by atoms with van der Waals surface area (Å²) in [6.45, 7) is 6.03. The van der Waals surface area contributed by atoms with Crippen LogP contribution in [-0.4, -0.2) is 36.6 Å². The molecule has 2 rings (SSSR count). The molecule has 0 aromatic heterocycles. The lowest BCUT2D eigenvalue weighted by Crippen LogP contribution is -2.44. The summed E-state index contributed by atoms with van der Waals surface area (Å²) in [7, 11) is 0. The molecule has 0 aliphatic carbocycles. The van der Waals surface area contributed by atoms with Gasteiger partial charge in [0.15, 0.2) is 0 Å². The van der Waals surface area contributed by atoms with Crippen molar-refractivity contribution in [3.8, 4) is 0 Å². The van der Waals surface area contributed by atoms with E-state index in [1.54, 1.807) is 0 Å². The van der Waals surface area contributed by atoms with Crippen LogP contribution >= 0.6 is 0 Å². The van der Waals surface area contributed by atoms with Gasteiger partial charge in [-0.05, 0) is 26.0 Å². The first-order valence-electron chi connectivity index (χ1n) is 5.64. The third kappa shape index (κ3) is 2.42. The molecule has 1 aromatic carbocycles. The van der Waals surface area contributed by atoms with E-state index in [-0.39, 0.29) is 12.0 Å². The van der Waals surface area contributed by atoms with Gasteiger partial charge in [-0.15, -0.1) is 0 Å². The SMILES string of the molecule is Cc1ccc(C(=O)N2CCOC(C)C2)cc1. The molecular formula is C13H17NO2. The van der Waals surface area contributed by atoms with Crippen LogP contribution in [0.25, 0.3) is 0 Å². The molecule has 1 fully saturated rings. The zero-order valence-electron chi connectivity index (χ0n) is 9.77. The van der Waals surface area contributed by atoms with Crippen LogP contribution in [0.3, 0.4) is 0 Å². The second-order valence-corrected chi connectivity index (χ2v) is 4.30. The lowest BCUT2D eigenvalue weighted by atomic mass is 10.1. The van der Waals surface area contributed by atoms with Crippen LogP contribution in [0.1, 0.15) is 22.8 Å². The quantitative estimate of drug-likeness (QED) is 0.721. The molecule has 1 heterocycles. The number of nitrogens with zero attached hydrogens (tertiary/aromatic N) is 1. The molecule has 0 bridgehead atoms. The number of amides is 1. The van der Waals surface area contributed by atoms with Crippen molar-refractivity contribution >= 4 is 5.91 Å². The van der Waals surface area contributed by atoms with E-state index in [2.05, 4.69) is 0 Å². The third-order valence-electron chi connectivity index (χ3n) is 2.83. The van der Waals surface area contributed by atoms with Gasteiger partial charge in [0.25, 0.3) is 5.91 Å². The molecule has 0 radical (unpaired) electrons. The fourth-order valence-electron chi connectivity index (χ4n) is 1.88. The number of carbonyl (C=O) groups is 1. The minimum atomic E-state index is 0.107. The summed E-state index contributed by atoms with van der Waals surface area (Å²) in [6.07, 6.45) is 0.142. The maximum atomic E-state index is 12.1. The molecule has 1 aliphatic heterocycles. The first-order chi connectivity index (χ1) is 7.66. The molecule has 0 spiro atoms. The monoisotopic (exact) mass is 219 g/mol. The lowest BCUT2D eigenvalue weighted by Gasteiger charge is -2.31. The van der Waals surface area contributed by atoms with E-state index in [1.165, 1.54) is 5.56 Å². The van der Waals surface area contributed by atoms with E-state index in [1.807, 2.05) is 43.0 Å². The van der Waals surface area contributed by atoms with Crippen LogP contribution in [0.4, 0.5) is 0 Å². The topological polar surface area (TPSA) is 29.5 Å². The predicted molar refractivity (Wildman–Crippen MR) is 62.5 cm³/mol. The molecule has 1 aromatic rings. The Morgan fingerprint density at radius 2 is 2.06 bits per heavy atom. The largest absolute Gasteiger partial charge is 0.375 e. The highest BCUT2D eigenvalue weighted by Crippen LogP contribution is 2.11. The van der Waals surface area contributed by atoms with E-state index in [4.69, 9.17) is 4.74 Å². The van der Waals surface area contributed by atoms with Crippen LogP contribution < -0.4 is 0 Å². The molecule has 0 saturated carbocycles. The smallest absolute Gasteiger partial charge is 0.254 e. The number of aryl methyl sites for hydroxylation is 1. The van der Waals surface area contributed by atoms with Crippen LogP contribution in [0.5, 0.6) is 0 Å². The van der Waals surface area contributed by atoms with Crippen molar-refractivity contribution in [1.82, 2.24) is 4.90 Å². The average molecular weight is 219 g/mol. The maximum absolute atomic E-state index is 12.1. The minimum Gasteiger partial charge on any atom is -0.375 e. The molecule has 1 atom stereocenters. The summed E-state index contributed by atoms with van der Waals surface area (Å²) in [5.41, 5.74) is 1.94. The van der Waals surface area contributed by atoms with Crippen molar-refractivity contribution in [2.75, 3.05) is 19.7 Å². The van der Waals surface area contributed by atoms with Gasteiger partial charge in [-0.25, -0.2) is 0 Å². The van der Waals surface area contributed by atoms with E-state index in [9.17, 15) is 4.79 Å². The Morgan fingerprint density at radius 3 is 2.69 bits per heavy atom. The lowest BCUT2D eigenvalue weighted by molar-refractivity contribution is -0.0124. The second kappa shape index (κ2) is 4.66. The number of ether oxygens (including phenoxy) is 1. The number of morpholine rings is 1. The van der Waals surface area contributed by atoms with Gasteiger partial charge in [-0.3, -0.25) is 4.79 Å². The minimum absolute atomic E-state index is 0.107. The highest BCUT2D eigenvalue weighted by atomic mass is 16.5. The van der Waals surface area contributed by atoms with E-state index >= 15 is 0 Å². The number of hydrogen-bond acceptors (Lipinski definition) is 2. The fourth-order valence-corrected chi connectivity index (χ4v) is 1.88. The summed E-state index contributed by atoms with van der Waals surface area (Å²) in [6, 6.07) is 7.71. The van der Waals surface area contributed by atoms with E-state index in [0.717, 1.165) is 5.56 Å². The molecule has 3 nitrogen and oxygen atoms in total. The van der Waals surface area contributed by atoms with Gasteiger partial charge in [0, 0.05) is 18.7 Å². The highest BCUT2D eigenvalue weighted by molar-refractivity contribution is 5.94. The van der Waals surface area contributed by atoms with Crippen LogP contribution in [-0.2, 0) is 4.74 Å². The predicted octanol–water partition coefficient (Wildman–Crippen LogP) is 1.86. The first kappa shape index (κ1) is 11.1. The van der Waals surface area contributed by atoms with Gasteiger partial charge in [0.05, 0.1) is 12.7 Å². The zero-order valence-corrected chi connectivity index (χ0v) is 9.77. The molecule has 1 saturated heterocycles. The number of hydrogen-bond donors (Lipinski definition) is 0. The van der Waals surface area contributed by atoms with Gasteiger partial charge in [0.2, 0.25) is 0 Å². The molecule has 86 valence electrons. The highest BCUT2D eigenvalue weighted by Gasteiger charge is 2.22. The van der Waals surface area contributed by atoms with E-state index < -0.39 is 0 Å². The summed E-state index contributed by atoms with van der Waals surface area (Å²) in [4.78, 5) is 14.0. The van der Waals surface area contributed by atoms with Crippen molar-refractivity contribution in [2.45, 2.75) is 20.0 Å². The third-order valence-corrected chi connectivity index (χ3v) is 2.83. The summed E-state index contributed by atoms with van der Waals surface area (Å²) >= 11 is 0. The van der Waals surface area contributed by atoms with Crippen LogP contribution in [0.2, 0.25) is 0 Å². The summed E-state index contributed by atoms with van der Waals surface area (Å²) in [5, 5.41) is 0. The van der Waals surface area contributed by atoms with Gasteiger partial charge in [-0.1, -0.05) is 17.7 Å². The Labute approximate surface area is 96.0 Å². The van der Waals surface area contributed by atoms with Crippen molar-refractivity contribution in [1.29, 1.82) is 0 Å². The van der Waals surface area contributed by atoms with Gasteiger partial charge in [-0.2, -0.15) is 0 Å². The number of rotatable bonds is 1. The van der Waals surface area contributed by atoms with Crippen molar-refractivity contribution in [2.24, 2.45) is 0 Å². The fraction of sp³-hybridized carbons (Fsp3) is 0.462. The molecule has 1 unspecified atom stereocenters. The second-order valence-electron chi connectivity index (χ2n) is 4.30. The number of benzene rings is 1. The van der Waals surface area contributed by atoms with Crippen molar-refractivity contribution in [3.05, 3.63) is 35.4 Å². The first-order valence-corrected chi connectivity index (χ1v) is 5.64. The molecule has 0 N–H and O–H groups in total. The number of carbonyl (C=O) groups excluding carboxylic acids is 1. The summed E-state index contributed by atoms with van der Waals surface area (Å²) in [5.74, 6) is 0.107. The average Bonchev–Trinajstić information content (AvgIpc) is 2.29. The standard InChI is InChI=1S/C13H17NO2/c1-10-3-5-12(6-4-10)13(15)14-7-8-16-11(2)9-14/h3-6,11H,7-9H2,1-2H3.